The molecule has 1 aromatic carbocycles. The van der Waals surface area contributed by atoms with Crippen molar-refractivity contribution in [1.29, 1.82) is 0 Å². The van der Waals surface area contributed by atoms with Crippen LogP contribution in [-0.4, -0.2) is 16.1 Å². The molecule has 2 aromatic rings. The summed E-state index contributed by atoms with van der Waals surface area (Å²) >= 11 is 7.10. The highest BCUT2D eigenvalue weighted by atomic mass is 35.5. The molecule has 5 nitrogen and oxygen atoms in total. The molecule has 1 aromatic heterocycles. The zero-order chi connectivity index (χ0) is 12.4. The van der Waals surface area contributed by atoms with E-state index < -0.39 is 0 Å². The highest BCUT2D eigenvalue weighted by Gasteiger charge is 2.12. The lowest BCUT2D eigenvalue weighted by atomic mass is 10.2. The lowest BCUT2D eigenvalue weighted by Crippen LogP contribution is -2.13. The number of rotatable bonds is 2. The van der Waals surface area contributed by atoms with Crippen molar-refractivity contribution in [3.63, 3.8) is 0 Å². The SMILES string of the molecule is Cc1nnc(NC(=O)c2cc(Cl)ccc2N)s1. The maximum absolute atomic E-state index is 11.9. The van der Waals surface area contributed by atoms with Crippen molar-refractivity contribution in [3.8, 4) is 0 Å². The summed E-state index contributed by atoms with van der Waals surface area (Å²) in [5.74, 6) is -0.346. The van der Waals surface area contributed by atoms with Crippen LogP contribution >= 0.6 is 22.9 Å². The quantitative estimate of drug-likeness (QED) is 0.819. The molecule has 0 spiro atoms. The molecule has 88 valence electrons. The number of hydrogen-bond donors (Lipinski definition) is 2. The maximum atomic E-state index is 11.9. The van der Waals surface area contributed by atoms with Crippen molar-refractivity contribution in [2.24, 2.45) is 0 Å². The van der Waals surface area contributed by atoms with Gasteiger partial charge >= 0.3 is 0 Å². The summed E-state index contributed by atoms with van der Waals surface area (Å²) < 4.78 is 0. The molecule has 0 unspecified atom stereocenters. The summed E-state index contributed by atoms with van der Waals surface area (Å²) in [6, 6.07) is 4.73. The molecule has 0 aliphatic rings. The molecule has 0 aliphatic carbocycles. The first-order chi connectivity index (χ1) is 8.06. The first kappa shape index (κ1) is 11.8. The highest BCUT2D eigenvalue weighted by Crippen LogP contribution is 2.20. The van der Waals surface area contributed by atoms with Gasteiger partial charge in [-0.25, -0.2) is 0 Å². The van der Waals surface area contributed by atoms with E-state index in [0.29, 0.717) is 21.4 Å². The molecule has 1 heterocycles. The number of nitrogen functional groups attached to an aromatic ring is 1. The number of anilines is 2. The van der Waals surface area contributed by atoms with Crippen molar-refractivity contribution < 1.29 is 4.79 Å². The van der Waals surface area contributed by atoms with Gasteiger partial charge in [-0.05, 0) is 25.1 Å². The Balaban J connectivity index is 2.22. The largest absolute Gasteiger partial charge is 0.398 e. The normalized spacial score (nSPS) is 10.2. The third-order valence-corrected chi connectivity index (χ3v) is 3.00. The number of nitrogens with one attached hydrogen (secondary N) is 1. The predicted molar refractivity (Wildman–Crippen MR) is 68.5 cm³/mol. The number of nitrogens with two attached hydrogens (primary N) is 1. The molecule has 0 radical (unpaired) electrons. The van der Waals surface area contributed by atoms with E-state index >= 15 is 0 Å². The number of carbonyl (C=O) groups is 1. The van der Waals surface area contributed by atoms with Gasteiger partial charge in [-0.1, -0.05) is 22.9 Å². The standard InChI is InChI=1S/C10H9ClN4OS/c1-5-14-15-10(17-5)13-9(16)7-4-6(11)2-3-8(7)12/h2-4H,12H2,1H3,(H,13,15,16). The topological polar surface area (TPSA) is 80.9 Å². The molecule has 0 atom stereocenters. The molecular weight excluding hydrogens is 260 g/mol. The third-order valence-electron chi connectivity index (χ3n) is 2.01. The Bertz CT molecular complexity index is 569. The maximum Gasteiger partial charge on any atom is 0.259 e. The summed E-state index contributed by atoms with van der Waals surface area (Å²) in [7, 11) is 0. The third kappa shape index (κ3) is 2.72. The fraction of sp³-hybridized carbons (Fsp3) is 0.100. The number of aromatic nitrogens is 2. The molecular formula is C10H9ClN4OS. The molecule has 0 aliphatic heterocycles. The molecule has 3 N–H and O–H groups in total. The second kappa shape index (κ2) is 4.68. The second-order valence-corrected chi connectivity index (χ2v) is 4.93. The Hall–Kier alpha value is -1.66. The summed E-state index contributed by atoms with van der Waals surface area (Å²) in [6.07, 6.45) is 0. The van der Waals surface area contributed by atoms with Gasteiger partial charge in [0.25, 0.3) is 5.91 Å². The lowest BCUT2D eigenvalue weighted by Gasteiger charge is -2.04. The molecule has 0 saturated carbocycles. The molecule has 0 fully saturated rings. The van der Waals surface area contributed by atoms with Crippen molar-refractivity contribution in [3.05, 3.63) is 33.8 Å². The van der Waals surface area contributed by atoms with E-state index in [0.717, 1.165) is 5.01 Å². The van der Waals surface area contributed by atoms with Crippen molar-refractivity contribution in [1.82, 2.24) is 10.2 Å². The Labute approximate surface area is 107 Å². The van der Waals surface area contributed by atoms with Gasteiger partial charge in [-0.2, -0.15) is 0 Å². The molecule has 17 heavy (non-hydrogen) atoms. The molecule has 7 heteroatoms. The fourth-order valence-electron chi connectivity index (χ4n) is 1.24. The number of benzene rings is 1. The van der Waals surface area contributed by atoms with Crippen LogP contribution in [0.5, 0.6) is 0 Å². The van der Waals surface area contributed by atoms with E-state index in [2.05, 4.69) is 15.5 Å². The summed E-state index contributed by atoms with van der Waals surface area (Å²) in [6.45, 7) is 1.81. The Morgan fingerprint density at radius 1 is 1.47 bits per heavy atom. The van der Waals surface area contributed by atoms with Gasteiger partial charge in [0.2, 0.25) is 5.13 Å². The van der Waals surface area contributed by atoms with Crippen LogP contribution in [0, 0.1) is 6.92 Å². The number of carbonyl (C=O) groups excluding carboxylic acids is 1. The number of amides is 1. The monoisotopic (exact) mass is 268 g/mol. The van der Waals surface area contributed by atoms with E-state index in [1.54, 1.807) is 19.1 Å². The number of nitrogens with zero attached hydrogens (tertiary/aromatic N) is 2. The van der Waals surface area contributed by atoms with Gasteiger partial charge in [0, 0.05) is 10.7 Å². The van der Waals surface area contributed by atoms with Crippen LogP contribution in [-0.2, 0) is 0 Å². The van der Waals surface area contributed by atoms with Gasteiger partial charge < -0.3 is 5.73 Å². The highest BCUT2D eigenvalue weighted by molar-refractivity contribution is 7.15. The predicted octanol–water partition coefficient (Wildman–Crippen LogP) is 2.33. The summed E-state index contributed by atoms with van der Waals surface area (Å²) in [5.41, 5.74) is 6.39. The van der Waals surface area contributed by atoms with Crippen molar-refractivity contribution in [2.75, 3.05) is 11.1 Å². The zero-order valence-corrected chi connectivity index (χ0v) is 10.5. The Kier molecular flexibility index (Phi) is 3.26. The van der Waals surface area contributed by atoms with Crippen LogP contribution in [0.4, 0.5) is 10.8 Å². The molecule has 1 amide bonds. The smallest absolute Gasteiger partial charge is 0.259 e. The number of halogens is 1. The van der Waals surface area contributed by atoms with Gasteiger partial charge in [0.15, 0.2) is 0 Å². The van der Waals surface area contributed by atoms with E-state index in [1.807, 2.05) is 0 Å². The second-order valence-electron chi connectivity index (χ2n) is 3.31. The van der Waals surface area contributed by atoms with Gasteiger partial charge in [-0.15, -0.1) is 10.2 Å². The lowest BCUT2D eigenvalue weighted by molar-refractivity contribution is 0.102. The van der Waals surface area contributed by atoms with E-state index in [9.17, 15) is 4.79 Å². The Morgan fingerprint density at radius 3 is 2.88 bits per heavy atom. The first-order valence-electron chi connectivity index (χ1n) is 4.73. The molecule has 0 saturated heterocycles. The Morgan fingerprint density at radius 2 is 2.24 bits per heavy atom. The van der Waals surface area contributed by atoms with Crippen LogP contribution in [0.25, 0.3) is 0 Å². The van der Waals surface area contributed by atoms with Gasteiger partial charge in [0.1, 0.15) is 5.01 Å². The average Bonchev–Trinajstić information content (AvgIpc) is 2.67. The fourth-order valence-corrected chi connectivity index (χ4v) is 2.00. The van der Waals surface area contributed by atoms with Crippen LogP contribution in [0.1, 0.15) is 15.4 Å². The summed E-state index contributed by atoms with van der Waals surface area (Å²) in [5, 5.41) is 11.9. The minimum absolute atomic E-state index is 0.324. The van der Waals surface area contributed by atoms with E-state index in [1.165, 1.54) is 17.4 Å². The number of aryl methyl sites for hydroxylation is 1. The van der Waals surface area contributed by atoms with Crippen molar-refractivity contribution >= 4 is 39.7 Å². The minimum atomic E-state index is -0.346. The zero-order valence-electron chi connectivity index (χ0n) is 8.90. The van der Waals surface area contributed by atoms with Crippen LogP contribution in [0.2, 0.25) is 5.02 Å². The minimum Gasteiger partial charge on any atom is -0.398 e. The van der Waals surface area contributed by atoms with Crippen LogP contribution in [0.15, 0.2) is 18.2 Å². The van der Waals surface area contributed by atoms with Gasteiger partial charge in [0.05, 0.1) is 5.56 Å². The number of hydrogen-bond acceptors (Lipinski definition) is 5. The molecule has 0 bridgehead atoms. The van der Waals surface area contributed by atoms with E-state index in [-0.39, 0.29) is 5.91 Å². The van der Waals surface area contributed by atoms with Crippen LogP contribution < -0.4 is 11.1 Å². The van der Waals surface area contributed by atoms with Crippen molar-refractivity contribution in [2.45, 2.75) is 6.92 Å². The average molecular weight is 269 g/mol. The van der Waals surface area contributed by atoms with Gasteiger partial charge in [-0.3, -0.25) is 10.1 Å². The first-order valence-corrected chi connectivity index (χ1v) is 5.92. The summed E-state index contributed by atoms with van der Waals surface area (Å²) in [4.78, 5) is 11.9. The van der Waals surface area contributed by atoms with E-state index in [4.69, 9.17) is 17.3 Å². The molecule has 2 rings (SSSR count). The van der Waals surface area contributed by atoms with Crippen LogP contribution in [0.3, 0.4) is 0 Å².